The topological polar surface area (TPSA) is 83.5 Å². The van der Waals surface area contributed by atoms with Gasteiger partial charge in [0.05, 0.1) is 23.0 Å². The zero-order valence-corrected chi connectivity index (χ0v) is 19.7. The second kappa shape index (κ2) is 9.09. The van der Waals surface area contributed by atoms with Crippen molar-refractivity contribution in [1.82, 2.24) is 9.97 Å². The molecule has 0 fully saturated rings. The van der Waals surface area contributed by atoms with Crippen LogP contribution in [0.25, 0.3) is 0 Å². The zero-order chi connectivity index (χ0) is 22.9. The summed E-state index contributed by atoms with van der Waals surface area (Å²) in [7, 11) is -3.80. The number of carbonyl (C=O) groups excluding carboxylic acids is 1. The van der Waals surface area contributed by atoms with Crippen LogP contribution < -0.4 is 9.80 Å². The molecular formula is C22H21ClN4O3S2. The van der Waals surface area contributed by atoms with E-state index in [1.54, 1.807) is 48.5 Å². The van der Waals surface area contributed by atoms with Crippen molar-refractivity contribution in [2.75, 3.05) is 16.3 Å². The van der Waals surface area contributed by atoms with Crippen LogP contribution in [0.1, 0.15) is 18.1 Å². The smallest absolute Gasteiger partial charge is 0.288 e. The van der Waals surface area contributed by atoms with Gasteiger partial charge in [0.1, 0.15) is 5.82 Å². The molecule has 0 aliphatic carbocycles. The first-order valence-electron chi connectivity index (χ1n) is 9.90. The summed E-state index contributed by atoms with van der Waals surface area (Å²) in [6, 6.07) is 15.5. The maximum absolute atomic E-state index is 13.4. The molecule has 1 aliphatic rings. The van der Waals surface area contributed by atoms with Crippen molar-refractivity contribution in [3.63, 3.8) is 0 Å². The van der Waals surface area contributed by atoms with Gasteiger partial charge in [-0.1, -0.05) is 61.0 Å². The van der Waals surface area contributed by atoms with Gasteiger partial charge in [0.2, 0.25) is 15.0 Å². The fourth-order valence-corrected chi connectivity index (χ4v) is 5.10. The fraction of sp³-hybridized carbons (Fsp3) is 0.227. The minimum Gasteiger partial charge on any atom is -0.288 e. The van der Waals surface area contributed by atoms with Crippen LogP contribution >= 0.6 is 24.2 Å². The highest BCUT2D eigenvalue weighted by molar-refractivity contribution is 7.90. The first-order chi connectivity index (χ1) is 15.3. The van der Waals surface area contributed by atoms with Crippen molar-refractivity contribution < 1.29 is 13.2 Å². The quantitative estimate of drug-likeness (QED) is 0.411. The number of benzene rings is 2. The Labute approximate surface area is 197 Å². The van der Waals surface area contributed by atoms with Gasteiger partial charge in [0.15, 0.2) is 0 Å². The largest absolute Gasteiger partial charge is 0.330 e. The number of anilines is 2. The van der Waals surface area contributed by atoms with Crippen LogP contribution in [0.15, 0.2) is 66.0 Å². The number of thiol groups is 1. The summed E-state index contributed by atoms with van der Waals surface area (Å²) in [5.41, 5.74) is 1.82. The van der Waals surface area contributed by atoms with Gasteiger partial charge in [0.25, 0.3) is 0 Å². The van der Waals surface area contributed by atoms with Crippen LogP contribution in [-0.2, 0) is 22.1 Å². The van der Waals surface area contributed by atoms with Gasteiger partial charge in [-0.2, -0.15) is 12.6 Å². The number of rotatable bonds is 6. The summed E-state index contributed by atoms with van der Waals surface area (Å²) in [5.74, 6) is 0.0517. The molecule has 1 aliphatic heterocycles. The minimum absolute atomic E-state index is 0.169. The average Bonchev–Trinajstić information content (AvgIpc) is 2.76. The van der Waals surface area contributed by atoms with E-state index in [1.165, 1.54) is 16.0 Å². The average molecular weight is 489 g/mol. The van der Waals surface area contributed by atoms with Crippen molar-refractivity contribution in [3.8, 4) is 0 Å². The number of hydrogen-bond donors (Lipinski definition) is 1. The maximum atomic E-state index is 13.4. The molecule has 7 nitrogen and oxygen atoms in total. The number of sulfone groups is 1. The number of nitrogens with zero attached hydrogens (tertiary/aromatic N) is 4. The SMILES string of the molecule is CC(S)CN1C(=O)N(c2ccccc2Cl)Cc2cnc(S(=O)(=O)Cc3ccccc3)nc21. The van der Waals surface area contributed by atoms with Crippen LogP contribution in [-0.4, -0.2) is 36.2 Å². The van der Waals surface area contributed by atoms with Gasteiger partial charge in [-0.15, -0.1) is 0 Å². The van der Waals surface area contributed by atoms with Crippen LogP contribution in [0.5, 0.6) is 0 Å². The van der Waals surface area contributed by atoms with Gasteiger partial charge in [-0.25, -0.2) is 23.2 Å². The van der Waals surface area contributed by atoms with Gasteiger partial charge in [-0.3, -0.25) is 9.80 Å². The molecule has 1 aromatic heterocycles. The third-order valence-corrected chi connectivity index (χ3v) is 6.88. The number of para-hydroxylation sites is 1. The number of urea groups is 1. The Morgan fingerprint density at radius 1 is 1.12 bits per heavy atom. The standard InChI is InChI=1S/C22H21ClN4O3S2/c1-15(31)12-27-20-17(13-26(22(27)28)19-10-6-5-9-18(19)23)11-24-21(25-20)32(29,30)14-16-7-3-2-4-8-16/h2-11,15,31H,12-14H2,1H3. The molecule has 2 heterocycles. The van der Waals surface area contributed by atoms with E-state index in [4.69, 9.17) is 11.6 Å². The van der Waals surface area contributed by atoms with E-state index in [1.807, 2.05) is 13.0 Å². The van der Waals surface area contributed by atoms with Crippen molar-refractivity contribution in [1.29, 1.82) is 0 Å². The molecule has 32 heavy (non-hydrogen) atoms. The normalized spacial score (nSPS) is 14.9. The molecule has 3 aromatic rings. The lowest BCUT2D eigenvalue weighted by Crippen LogP contribution is -2.50. The molecule has 10 heteroatoms. The Hall–Kier alpha value is -2.62. The molecule has 2 amide bonds. The second-order valence-corrected chi connectivity index (χ2v) is 10.7. The van der Waals surface area contributed by atoms with Crippen LogP contribution in [0, 0.1) is 0 Å². The summed E-state index contributed by atoms with van der Waals surface area (Å²) in [6.07, 6.45) is 1.46. The number of amides is 2. The summed E-state index contributed by atoms with van der Waals surface area (Å²) in [4.78, 5) is 24.8. The molecule has 1 unspecified atom stereocenters. The number of halogens is 1. The Balaban J connectivity index is 1.74. The monoisotopic (exact) mass is 488 g/mol. The lowest BCUT2D eigenvalue weighted by atomic mass is 10.2. The summed E-state index contributed by atoms with van der Waals surface area (Å²) < 4.78 is 25.9. The first kappa shape index (κ1) is 22.6. The second-order valence-electron chi connectivity index (χ2n) is 7.53. The van der Waals surface area contributed by atoms with Crippen molar-refractivity contribution in [2.24, 2.45) is 0 Å². The molecule has 4 rings (SSSR count). The van der Waals surface area contributed by atoms with Crippen molar-refractivity contribution in [3.05, 3.63) is 76.9 Å². The highest BCUT2D eigenvalue weighted by atomic mass is 35.5. The molecule has 0 bridgehead atoms. The summed E-state index contributed by atoms with van der Waals surface area (Å²) in [5, 5.41) is -0.0422. The molecule has 1 atom stereocenters. The third-order valence-electron chi connectivity index (χ3n) is 4.93. The number of aromatic nitrogens is 2. The Morgan fingerprint density at radius 3 is 2.50 bits per heavy atom. The predicted molar refractivity (Wildman–Crippen MR) is 128 cm³/mol. The summed E-state index contributed by atoms with van der Waals surface area (Å²) >= 11 is 10.8. The molecule has 0 saturated carbocycles. The lowest BCUT2D eigenvalue weighted by Gasteiger charge is -2.37. The van der Waals surface area contributed by atoms with E-state index in [2.05, 4.69) is 22.6 Å². The zero-order valence-electron chi connectivity index (χ0n) is 17.2. The van der Waals surface area contributed by atoms with Gasteiger partial charge < -0.3 is 0 Å². The molecular weight excluding hydrogens is 468 g/mol. The molecule has 0 radical (unpaired) electrons. The molecule has 2 aromatic carbocycles. The first-order valence-corrected chi connectivity index (χ1v) is 12.4. The number of hydrogen-bond acceptors (Lipinski definition) is 6. The molecule has 0 spiro atoms. The highest BCUT2D eigenvalue weighted by Crippen LogP contribution is 2.34. The fourth-order valence-electron chi connectivity index (χ4n) is 3.50. The van der Waals surface area contributed by atoms with Crippen molar-refractivity contribution in [2.45, 2.75) is 29.6 Å². The Bertz CT molecular complexity index is 1250. The van der Waals surface area contributed by atoms with E-state index >= 15 is 0 Å². The van der Waals surface area contributed by atoms with Gasteiger partial charge in [-0.05, 0) is 17.7 Å². The number of carbonyl (C=O) groups is 1. The van der Waals surface area contributed by atoms with Crippen molar-refractivity contribution >= 4 is 51.6 Å². The highest BCUT2D eigenvalue weighted by Gasteiger charge is 2.35. The van der Waals surface area contributed by atoms with Crippen LogP contribution in [0.4, 0.5) is 16.3 Å². The Kier molecular flexibility index (Phi) is 6.41. The van der Waals surface area contributed by atoms with Crippen LogP contribution in [0.2, 0.25) is 5.02 Å². The molecule has 0 N–H and O–H groups in total. The van der Waals surface area contributed by atoms with E-state index in [0.29, 0.717) is 21.8 Å². The van der Waals surface area contributed by atoms with E-state index in [-0.39, 0.29) is 41.1 Å². The van der Waals surface area contributed by atoms with E-state index in [0.717, 1.165) is 0 Å². The maximum Gasteiger partial charge on any atom is 0.330 e. The molecule has 166 valence electrons. The van der Waals surface area contributed by atoms with Crippen LogP contribution in [0.3, 0.4) is 0 Å². The predicted octanol–water partition coefficient (Wildman–Crippen LogP) is 4.37. The molecule has 0 saturated heterocycles. The number of fused-ring (bicyclic) bond motifs is 1. The van der Waals surface area contributed by atoms with Gasteiger partial charge >= 0.3 is 6.03 Å². The van der Waals surface area contributed by atoms with E-state index in [9.17, 15) is 13.2 Å². The lowest BCUT2D eigenvalue weighted by molar-refractivity contribution is 0.250. The Morgan fingerprint density at radius 2 is 1.81 bits per heavy atom. The van der Waals surface area contributed by atoms with Gasteiger partial charge in [0, 0.05) is 23.6 Å². The minimum atomic E-state index is -3.80. The third kappa shape index (κ3) is 4.60. The summed E-state index contributed by atoms with van der Waals surface area (Å²) in [6.45, 7) is 2.26. The van der Waals surface area contributed by atoms with E-state index < -0.39 is 9.84 Å².